The fourth-order valence-corrected chi connectivity index (χ4v) is 9.03. The van der Waals surface area contributed by atoms with Crippen molar-refractivity contribution in [3.8, 4) is 5.75 Å². The lowest BCUT2D eigenvalue weighted by molar-refractivity contribution is -0.229. The number of ether oxygens (including phenoxy) is 1. The van der Waals surface area contributed by atoms with E-state index in [1.165, 1.54) is 38.5 Å². The van der Waals surface area contributed by atoms with Gasteiger partial charge in [-0.2, -0.15) is 0 Å². The van der Waals surface area contributed by atoms with Gasteiger partial charge in [0.25, 0.3) is 0 Å². The van der Waals surface area contributed by atoms with Crippen LogP contribution < -0.4 is 5.32 Å². The van der Waals surface area contributed by atoms with Gasteiger partial charge in [0.2, 0.25) is 0 Å². The molecule has 4 saturated carbocycles. The number of aliphatic hydroxyl groups is 1. The Balaban J connectivity index is 1.28. The molecule has 0 amide bonds. The molecule has 0 bridgehead atoms. The molecule has 6 rings (SSSR count). The van der Waals surface area contributed by atoms with Crippen molar-refractivity contribution in [1.29, 1.82) is 0 Å². The summed E-state index contributed by atoms with van der Waals surface area (Å²) in [6.07, 6.45) is 9.60. The average Bonchev–Trinajstić information content (AvgIpc) is 3.05. The molecule has 3 N–H and O–H groups in total. The first-order chi connectivity index (χ1) is 14.5. The van der Waals surface area contributed by atoms with E-state index in [0.717, 1.165) is 48.0 Å². The Labute approximate surface area is 180 Å². The summed E-state index contributed by atoms with van der Waals surface area (Å²) in [5, 5.41) is 24.9. The quantitative estimate of drug-likeness (QED) is 0.665. The zero-order valence-corrected chi connectivity index (χ0v) is 18.4. The molecule has 5 fully saturated rings. The first kappa shape index (κ1) is 19.6. The normalized spacial score (nSPS) is 51.8. The van der Waals surface area contributed by atoms with Crippen molar-refractivity contribution in [3.05, 3.63) is 29.8 Å². The zero-order valence-electron chi connectivity index (χ0n) is 18.4. The fraction of sp³-hybridized carbons (Fsp3) is 0.769. The monoisotopic (exact) mass is 411 g/mol. The SMILES string of the molecule is COC12CC3CC[C@@H]4[C@H](CC[C@]5(C)[C@@H](O)CC[C@@H]45)[C@H]3CC1C(c1ccccc1O)N2. The van der Waals surface area contributed by atoms with Crippen LogP contribution in [0.15, 0.2) is 24.3 Å². The Morgan fingerprint density at radius 3 is 2.63 bits per heavy atom. The first-order valence-corrected chi connectivity index (χ1v) is 12.3. The van der Waals surface area contributed by atoms with Crippen LogP contribution in [0.4, 0.5) is 0 Å². The van der Waals surface area contributed by atoms with Gasteiger partial charge in [-0.1, -0.05) is 25.1 Å². The summed E-state index contributed by atoms with van der Waals surface area (Å²) in [5.41, 5.74) is 0.972. The number of rotatable bonds is 2. The third-order valence-corrected chi connectivity index (χ3v) is 10.6. The molecular formula is C26H37NO3. The molecule has 164 valence electrons. The number of benzene rings is 1. The molecular weight excluding hydrogens is 374 g/mol. The highest BCUT2D eigenvalue weighted by atomic mass is 16.5. The molecule has 4 unspecified atom stereocenters. The second kappa shape index (κ2) is 6.70. The molecule has 4 nitrogen and oxygen atoms in total. The molecule has 0 spiro atoms. The smallest absolute Gasteiger partial charge is 0.124 e. The van der Waals surface area contributed by atoms with Crippen LogP contribution in [0.2, 0.25) is 0 Å². The molecule has 5 aliphatic rings. The van der Waals surface area contributed by atoms with Crippen LogP contribution >= 0.6 is 0 Å². The van der Waals surface area contributed by atoms with Gasteiger partial charge in [-0.3, -0.25) is 5.32 Å². The number of phenols is 1. The number of fused-ring (bicyclic) bond motifs is 6. The van der Waals surface area contributed by atoms with Crippen LogP contribution in [-0.2, 0) is 4.74 Å². The number of hydrogen-bond donors (Lipinski definition) is 3. The van der Waals surface area contributed by atoms with Crippen LogP contribution in [0.25, 0.3) is 0 Å². The highest BCUT2D eigenvalue weighted by Crippen LogP contribution is 2.65. The van der Waals surface area contributed by atoms with Crippen molar-refractivity contribution in [1.82, 2.24) is 5.32 Å². The molecule has 4 aliphatic carbocycles. The van der Waals surface area contributed by atoms with E-state index in [9.17, 15) is 10.2 Å². The summed E-state index contributed by atoms with van der Waals surface area (Å²) in [7, 11) is 1.86. The maximum absolute atomic E-state index is 10.7. The van der Waals surface area contributed by atoms with Crippen LogP contribution in [-0.4, -0.2) is 29.2 Å². The minimum atomic E-state index is -0.215. The van der Waals surface area contributed by atoms with E-state index in [4.69, 9.17) is 4.74 Å². The average molecular weight is 412 g/mol. The predicted octanol–water partition coefficient (Wildman–Crippen LogP) is 4.62. The topological polar surface area (TPSA) is 61.7 Å². The lowest BCUT2D eigenvalue weighted by atomic mass is 9.47. The van der Waals surface area contributed by atoms with Gasteiger partial charge in [-0.25, -0.2) is 0 Å². The number of phenolic OH excluding ortho intramolecular Hbond substituents is 1. The van der Waals surface area contributed by atoms with Crippen molar-refractivity contribution in [2.45, 2.75) is 76.2 Å². The van der Waals surface area contributed by atoms with Crippen molar-refractivity contribution < 1.29 is 14.9 Å². The van der Waals surface area contributed by atoms with Gasteiger partial charge in [0.1, 0.15) is 11.5 Å². The van der Waals surface area contributed by atoms with Gasteiger partial charge in [0, 0.05) is 24.6 Å². The Hall–Kier alpha value is -1.10. The third-order valence-electron chi connectivity index (χ3n) is 10.6. The Morgan fingerprint density at radius 2 is 1.83 bits per heavy atom. The van der Waals surface area contributed by atoms with Crippen LogP contribution in [0.3, 0.4) is 0 Å². The minimum Gasteiger partial charge on any atom is -0.508 e. The van der Waals surface area contributed by atoms with Crippen LogP contribution in [0, 0.1) is 40.9 Å². The molecule has 1 heterocycles. The second-order valence-electron chi connectivity index (χ2n) is 11.4. The van der Waals surface area contributed by atoms with Gasteiger partial charge in [-0.05, 0) is 92.4 Å². The Kier molecular flexibility index (Phi) is 4.37. The summed E-state index contributed by atoms with van der Waals surface area (Å²) in [6.45, 7) is 2.37. The number of aromatic hydroxyl groups is 1. The fourth-order valence-electron chi connectivity index (χ4n) is 9.03. The summed E-state index contributed by atoms with van der Waals surface area (Å²) >= 11 is 0. The van der Waals surface area contributed by atoms with Gasteiger partial charge in [0.15, 0.2) is 0 Å². The molecule has 30 heavy (non-hydrogen) atoms. The standard InChI is InChI=1S/C26H37NO3/c1-25-12-11-16-17(20(25)9-10-23(25)29)8-7-15-14-26(30-2)21(13-19(15)16)24(27-26)18-5-3-4-6-22(18)28/h3-6,15-17,19-21,23-24,27-29H,7-14H2,1-2H3/t15?,16-,17+,19-,20-,21?,23-,24?,25-,26?/m0/s1. The Bertz CT molecular complexity index is 828. The molecule has 10 atom stereocenters. The lowest BCUT2D eigenvalue weighted by Crippen LogP contribution is -2.71. The largest absolute Gasteiger partial charge is 0.508 e. The van der Waals surface area contributed by atoms with Crippen molar-refractivity contribution in [2.24, 2.45) is 40.9 Å². The lowest BCUT2D eigenvalue weighted by Gasteiger charge is -2.64. The van der Waals surface area contributed by atoms with Crippen molar-refractivity contribution in [3.63, 3.8) is 0 Å². The first-order valence-electron chi connectivity index (χ1n) is 12.3. The van der Waals surface area contributed by atoms with Crippen LogP contribution in [0.5, 0.6) is 5.75 Å². The van der Waals surface area contributed by atoms with Crippen molar-refractivity contribution in [2.75, 3.05) is 7.11 Å². The highest BCUT2D eigenvalue weighted by Gasteiger charge is 2.63. The number of nitrogens with one attached hydrogen (secondary N) is 1. The van der Waals surface area contributed by atoms with E-state index in [2.05, 4.69) is 18.3 Å². The van der Waals surface area contributed by atoms with E-state index in [0.29, 0.717) is 11.7 Å². The predicted molar refractivity (Wildman–Crippen MR) is 116 cm³/mol. The van der Waals surface area contributed by atoms with Crippen LogP contribution in [0.1, 0.15) is 69.9 Å². The summed E-state index contributed by atoms with van der Waals surface area (Å²) in [6, 6.07) is 7.99. The van der Waals surface area contributed by atoms with Gasteiger partial charge < -0.3 is 14.9 Å². The number of aliphatic hydroxyl groups excluding tert-OH is 1. The second-order valence-corrected chi connectivity index (χ2v) is 11.4. The van der Waals surface area contributed by atoms with Crippen molar-refractivity contribution >= 4 is 0 Å². The zero-order chi connectivity index (χ0) is 20.7. The summed E-state index contributed by atoms with van der Waals surface area (Å²) in [4.78, 5) is 0. The van der Waals surface area contributed by atoms with Gasteiger partial charge >= 0.3 is 0 Å². The Morgan fingerprint density at radius 1 is 1.00 bits per heavy atom. The maximum Gasteiger partial charge on any atom is 0.124 e. The molecule has 1 aromatic rings. The number of hydrogen-bond acceptors (Lipinski definition) is 4. The van der Waals surface area contributed by atoms with E-state index in [-0.39, 0.29) is 23.3 Å². The maximum atomic E-state index is 10.7. The van der Waals surface area contributed by atoms with E-state index in [1.807, 2.05) is 19.2 Å². The van der Waals surface area contributed by atoms with E-state index >= 15 is 0 Å². The molecule has 0 aromatic heterocycles. The minimum absolute atomic E-state index is 0.0880. The van der Waals surface area contributed by atoms with E-state index in [1.54, 1.807) is 6.07 Å². The van der Waals surface area contributed by atoms with Gasteiger partial charge in [0.05, 0.1) is 6.10 Å². The highest BCUT2D eigenvalue weighted by molar-refractivity contribution is 5.38. The number of para-hydroxylation sites is 1. The third kappa shape index (κ3) is 2.50. The molecule has 1 aliphatic heterocycles. The molecule has 0 radical (unpaired) electrons. The van der Waals surface area contributed by atoms with Gasteiger partial charge in [-0.15, -0.1) is 0 Å². The summed E-state index contributed by atoms with van der Waals surface area (Å²) < 4.78 is 6.13. The molecule has 1 saturated heterocycles. The molecule has 1 aromatic carbocycles. The molecule has 4 heteroatoms. The number of methoxy groups -OCH3 is 1. The van der Waals surface area contributed by atoms with E-state index < -0.39 is 0 Å². The summed E-state index contributed by atoms with van der Waals surface area (Å²) in [5.74, 6) is 4.68.